The number of piperidine rings is 1. The van der Waals surface area contributed by atoms with E-state index in [1.165, 1.54) is 57.5 Å². The van der Waals surface area contributed by atoms with E-state index in [1.54, 1.807) is 5.56 Å². The fourth-order valence-electron chi connectivity index (χ4n) is 3.38. The van der Waals surface area contributed by atoms with Gasteiger partial charge in [-0.15, -0.1) is 0 Å². The number of rotatable bonds is 4. The van der Waals surface area contributed by atoms with Gasteiger partial charge < -0.3 is 15.5 Å². The molecule has 1 aromatic rings. The highest BCUT2D eigenvalue weighted by Gasteiger charge is 2.15. The normalized spacial score (nSPS) is 22.0. The standard InChI is InChI=1S/C17H27N3/c1-2-15(6-11-20-12-9-19-10-13-20)14-17(3-1)16-4-7-18-8-5-16/h1-3,14,16,18-19H,4-13H2. The Balaban J connectivity index is 1.56. The Labute approximate surface area is 122 Å². The third kappa shape index (κ3) is 3.81. The van der Waals surface area contributed by atoms with E-state index in [2.05, 4.69) is 39.8 Å². The van der Waals surface area contributed by atoms with E-state index in [-0.39, 0.29) is 0 Å². The molecule has 0 radical (unpaired) electrons. The van der Waals surface area contributed by atoms with Crippen LogP contribution in [0, 0.1) is 0 Å². The summed E-state index contributed by atoms with van der Waals surface area (Å²) in [7, 11) is 0. The van der Waals surface area contributed by atoms with Crippen molar-refractivity contribution in [2.24, 2.45) is 0 Å². The Hall–Kier alpha value is -0.900. The lowest BCUT2D eigenvalue weighted by atomic mass is 9.89. The van der Waals surface area contributed by atoms with Crippen molar-refractivity contribution in [1.82, 2.24) is 15.5 Å². The second-order valence-corrected chi connectivity index (χ2v) is 6.11. The van der Waals surface area contributed by atoms with Crippen LogP contribution in [-0.4, -0.2) is 50.7 Å². The molecule has 0 bridgehead atoms. The molecule has 0 atom stereocenters. The van der Waals surface area contributed by atoms with Gasteiger partial charge in [-0.1, -0.05) is 24.3 Å². The van der Waals surface area contributed by atoms with Gasteiger partial charge in [0.1, 0.15) is 0 Å². The maximum Gasteiger partial charge on any atom is 0.0108 e. The van der Waals surface area contributed by atoms with Gasteiger partial charge in [0.05, 0.1) is 0 Å². The molecular formula is C17H27N3. The molecule has 2 fully saturated rings. The summed E-state index contributed by atoms with van der Waals surface area (Å²) in [5.41, 5.74) is 3.07. The van der Waals surface area contributed by atoms with Gasteiger partial charge in [-0.05, 0) is 49.4 Å². The Bertz CT molecular complexity index is 406. The maximum atomic E-state index is 3.45. The fourth-order valence-corrected chi connectivity index (χ4v) is 3.38. The van der Waals surface area contributed by atoms with Crippen LogP contribution in [-0.2, 0) is 6.42 Å². The van der Waals surface area contributed by atoms with Crippen LogP contribution in [0.25, 0.3) is 0 Å². The average molecular weight is 273 g/mol. The van der Waals surface area contributed by atoms with Gasteiger partial charge in [0.2, 0.25) is 0 Å². The molecule has 2 aliphatic heterocycles. The van der Waals surface area contributed by atoms with Gasteiger partial charge in [-0.3, -0.25) is 0 Å². The zero-order valence-corrected chi connectivity index (χ0v) is 12.4. The molecule has 3 rings (SSSR count). The van der Waals surface area contributed by atoms with Crippen LogP contribution >= 0.6 is 0 Å². The number of benzene rings is 1. The minimum Gasteiger partial charge on any atom is -0.317 e. The third-order valence-electron chi connectivity index (χ3n) is 4.69. The first-order valence-corrected chi connectivity index (χ1v) is 8.14. The summed E-state index contributed by atoms with van der Waals surface area (Å²) >= 11 is 0. The van der Waals surface area contributed by atoms with Gasteiger partial charge in [-0.25, -0.2) is 0 Å². The van der Waals surface area contributed by atoms with E-state index >= 15 is 0 Å². The SMILES string of the molecule is c1cc(CCN2CCNCC2)cc(C2CCNCC2)c1. The van der Waals surface area contributed by atoms with E-state index in [4.69, 9.17) is 0 Å². The largest absolute Gasteiger partial charge is 0.317 e. The number of piperazine rings is 1. The van der Waals surface area contributed by atoms with Crippen molar-refractivity contribution in [3.8, 4) is 0 Å². The molecule has 0 unspecified atom stereocenters. The highest BCUT2D eigenvalue weighted by Crippen LogP contribution is 2.25. The van der Waals surface area contributed by atoms with Gasteiger partial charge in [0.25, 0.3) is 0 Å². The van der Waals surface area contributed by atoms with E-state index < -0.39 is 0 Å². The van der Waals surface area contributed by atoms with Crippen LogP contribution in [0.15, 0.2) is 24.3 Å². The quantitative estimate of drug-likeness (QED) is 0.872. The van der Waals surface area contributed by atoms with Crippen LogP contribution in [0.2, 0.25) is 0 Å². The fraction of sp³-hybridized carbons (Fsp3) is 0.647. The summed E-state index contributed by atoms with van der Waals surface area (Å²) in [6, 6.07) is 9.33. The molecular weight excluding hydrogens is 246 g/mol. The molecule has 0 saturated carbocycles. The zero-order valence-electron chi connectivity index (χ0n) is 12.4. The van der Waals surface area contributed by atoms with Crippen molar-refractivity contribution in [2.45, 2.75) is 25.2 Å². The molecule has 2 saturated heterocycles. The second kappa shape index (κ2) is 7.21. The predicted molar refractivity (Wildman–Crippen MR) is 84.3 cm³/mol. The summed E-state index contributed by atoms with van der Waals surface area (Å²) in [4.78, 5) is 2.58. The van der Waals surface area contributed by atoms with Gasteiger partial charge in [-0.2, -0.15) is 0 Å². The molecule has 0 amide bonds. The predicted octanol–water partition coefficient (Wildman–Crippen LogP) is 1.60. The topological polar surface area (TPSA) is 27.3 Å². The van der Waals surface area contributed by atoms with Crippen molar-refractivity contribution in [3.05, 3.63) is 35.4 Å². The number of hydrogen-bond acceptors (Lipinski definition) is 3. The summed E-state index contributed by atoms with van der Waals surface area (Å²) in [5.74, 6) is 0.774. The first kappa shape index (κ1) is 14.1. The molecule has 2 aliphatic rings. The molecule has 0 aliphatic carbocycles. The summed E-state index contributed by atoms with van der Waals surface area (Å²) in [6.07, 6.45) is 3.78. The molecule has 110 valence electrons. The minimum absolute atomic E-state index is 0.774. The number of nitrogens with one attached hydrogen (secondary N) is 2. The van der Waals surface area contributed by atoms with Crippen LogP contribution in [0.3, 0.4) is 0 Å². The Kier molecular flexibility index (Phi) is 5.06. The Morgan fingerprint density at radius 2 is 1.75 bits per heavy atom. The van der Waals surface area contributed by atoms with Crippen molar-refractivity contribution in [3.63, 3.8) is 0 Å². The van der Waals surface area contributed by atoms with E-state index in [0.29, 0.717) is 0 Å². The molecule has 0 spiro atoms. The first-order valence-electron chi connectivity index (χ1n) is 8.14. The zero-order chi connectivity index (χ0) is 13.6. The van der Waals surface area contributed by atoms with E-state index in [0.717, 1.165) is 19.0 Å². The van der Waals surface area contributed by atoms with Crippen molar-refractivity contribution in [1.29, 1.82) is 0 Å². The Morgan fingerprint density at radius 3 is 2.55 bits per heavy atom. The molecule has 2 N–H and O–H groups in total. The van der Waals surface area contributed by atoms with Gasteiger partial charge in [0.15, 0.2) is 0 Å². The highest BCUT2D eigenvalue weighted by molar-refractivity contribution is 5.27. The van der Waals surface area contributed by atoms with Crippen LogP contribution in [0.5, 0.6) is 0 Å². The molecule has 3 nitrogen and oxygen atoms in total. The van der Waals surface area contributed by atoms with Crippen molar-refractivity contribution in [2.75, 3.05) is 45.8 Å². The molecule has 20 heavy (non-hydrogen) atoms. The Morgan fingerprint density at radius 1 is 1.00 bits per heavy atom. The molecule has 0 aromatic heterocycles. The smallest absolute Gasteiger partial charge is 0.0108 e. The first-order chi connectivity index (χ1) is 9.92. The lowest BCUT2D eigenvalue weighted by Gasteiger charge is -2.27. The third-order valence-corrected chi connectivity index (χ3v) is 4.69. The van der Waals surface area contributed by atoms with Crippen LogP contribution < -0.4 is 10.6 Å². The van der Waals surface area contributed by atoms with Gasteiger partial charge >= 0.3 is 0 Å². The van der Waals surface area contributed by atoms with Crippen molar-refractivity contribution >= 4 is 0 Å². The summed E-state index contributed by atoms with van der Waals surface area (Å²) in [5, 5.41) is 6.87. The average Bonchev–Trinajstić information content (AvgIpc) is 2.55. The summed E-state index contributed by atoms with van der Waals surface area (Å²) < 4.78 is 0. The molecule has 1 aromatic carbocycles. The molecule has 2 heterocycles. The van der Waals surface area contributed by atoms with E-state index in [1.807, 2.05) is 0 Å². The summed E-state index contributed by atoms with van der Waals surface area (Å²) in [6.45, 7) is 8.26. The van der Waals surface area contributed by atoms with Crippen LogP contribution in [0.4, 0.5) is 0 Å². The molecule has 3 heteroatoms. The van der Waals surface area contributed by atoms with Crippen molar-refractivity contribution < 1.29 is 0 Å². The van der Waals surface area contributed by atoms with Gasteiger partial charge in [0, 0.05) is 32.7 Å². The number of hydrogen-bond donors (Lipinski definition) is 2. The monoisotopic (exact) mass is 273 g/mol. The second-order valence-electron chi connectivity index (χ2n) is 6.11. The van der Waals surface area contributed by atoms with Crippen LogP contribution in [0.1, 0.15) is 29.9 Å². The minimum atomic E-state index is 0.774. The lowest BCUT2D eigenvalue weighted by molar-refractivity contribution is 0.244. The number of nitrogens with zero attached hydrogens (tertiary/aromatic N) is 1. The lowest BCUT2D eigenvalue weighted by Crippen LogP contribution is -2.44. The maximum absolute atomic E-state index is 3.45. The highest BCUT2D eigenvalue weighted by atomic mass is 15.2. The van der Waals surface area contributed by atoms with E-state index in [9.17, 15) is 0 Å².